The van der Waals surface area contributed by atoms with Gasteiger partial charge in [0.2, 0.25) is 0 Å². The van der Waals surface area contributed by atoms with Crippen LogP contribution in [0.25, 0.3) is 10.8 Å². The second kappa shape index (κ2) is 20.2. The molecule has 2 aromatic rings. The molecule has 0 spiro atoms. The number of unbranched alkanes of at least 4 members (excludes halogenated alkanes) is 12. The Kier molecular flexibility index (Phi) is 20.7. The van der Waals surface area contributed by atoms with Crippen LogP contribution in [0.5, 0.6) is 0 Å². The molecule has 0 atom stereocenters. The second-order valence-corrected chi connectivity index (χ2v) is 8.67. The molecule has 2 aromatic carbocycles. The molecule has 0 aromatic heterocycles. The summed E-state index contributed by atoms with van der Waals surface area (Å²) in [6, 6.07) is 13.8. The van der Waals surface area contributed by atoms with E-state index in [9.17, 15) is 0 Å². The zero-order chi connectivity index (χ0) is 19.9. The van der Waals surface area contributed by atoms with E-state index >= 15 is 0 Å². The van der Waals surface area contributed by atoms with Gasteiger partial charge in [-0.2, -0.15) is 13.5 Å². The average molecular weight is 554 g/mol. The monoisotopic (exact) mass is 554 g/mol. The topological polar surface area (TPSA) is 0 Å². The van der Waals surface area contributed by atoms with E-state index in [1.807, 2.05) is 0 Å². The van der Waals surface area contributed by atoms with E-state index < -0.39 is 0 Å². The van der Waals surface area contributed by atoms with Crippen LogP contribution in [0.3, 0.4) is 0 Å². The molecule has 0 heterocycles. The molecule has 0 N–H and O–H groups in total. The predicted molar refractivity (Wildman–Crippen MR) is 146 cm³/mol. The minimum atomic E-state index is 0. The Balaban J connectivity index is 0.00000420. The summed E-state index contributed by atoms with van der Waals surface area (Å²) in [7, 11) is 0. The first kappa shape index (κ1) is 30.6. The van der Waals surface area contributed by atoms with Crippen molar-refractivity contribution in [1.29, 1.82) is 0 Å². The number of rotatable bonds is 16. The average Bonchev–Trinajstić information content (AvgIpc) is 2.73. The van der Waals surface area contributed by atoms with Gasteiger partial charge in [0.25, 0.3) is 0 Å². The van der Waals surface area contributed by atoms with E-state index in [0.717, 1.165) is 0 Å². The molecule has 0 saturated heterocycles. The van der Waals surface area contributed by atoms with Crippen molar-refractivity contribution in [3.8, 4) is 0 Å². The molecule has 0 aliphatic rings. The van der Waals surface area contributed by atoms with Gasteiger partial charge in [0.05, 0.1) is 0 Å². The van der Waals surface area contributed by atoms with Crippen molar-refractivity contribution in [3.05, 3.63) is 47.5 Å². The Labute approximate surface area is 234 Å². The summed E-state index contributed by atoms with van der Waals surface area (Å²) < 4.78 is 0. The van der Waals surface area contributed by atoms with E-state index in [-0.39, 0.29) is 62.4 Å². The molecule has 0 fully saturated rings. The number of hydrogen-bond donors (Lipinski definition) is 0. The Morgan fingerprint density at radius 3 is 1.63 bits per heavy atom. The van der Waals surface area contributed by atoms with Crippen LogP contribution < -0.4 is 0 Å². The summed E-state index contributed by atoms with van der Waals surface area (Å²) in [5.74, 6) is 0. The van der Waals surface area contributed by atoms with Crippen LogP contribution in [-0.2, 0) is 12.8 Å². The van der Waals surface area contributed by atoms with Gasteiger partial charge < -0.3 is 0 Å². The fourth-order valence-corrected chi connectivity index (χ4v) is 4.44. The zero-order valence-corrected chi connectivity index (χ0v) is 20.3. The van der Waals surface area contributed by atoms with Crippen molar-refractivity contribution in [3.63, 3.8) is 0 Å². The molecule has 2 heteroatoms. The van der Waals surface area contributed by atoms with Crippen molar-refractivity contribution in [1.82, 2.24) is 0 Å². The van der Waals surface area contributed by atoms with Crippen molar-refractivity contribution in [2.45, 2.75) is 117 Å². The van der Waals surface area contributed by atoms with Crippen LogP contribution in [0.15, 0.2) is 36.4 Å². The van der Waals surface area contributed by atoms with Gasteiger partial charge in [-0.3, -0.25) is 0 Å². The normalized spacial score (nSPS) is 10.6. The van der Waals surface area contributed by atoms with Crippen LogP contribution in [0.1, 0.15) is 115 Å². The van der Waals surface area contributed by atoms with Crippen molar-refractivity contribution >= 4 is 73.1 Å². The number of fused-ring (bicyclic) bond motifs is 1. The standard InChI is InChI=1S/C28H44.Ba.H2S.2H/c1-3-5-7-9-11-13-15-19-25-23-24-26-20-17-18-22-28(26)27(25)21-16-14-12-10-8-6-4-2;;;;/h17-18,20,22-24H,3-16,19,21H2,1-2H3;;1H2;;. The van der Waals surface area contributed by atoms with Crippen LogP contribution in [0, 0.1) is 0 Å². The molecule has 2 rings (SSSR count). The SMILES string of the molecule is CCCCCCCCCc1ccc2ccccc2c1CCCCCCCCC.S.[BaH2]. The second-order valence-electron chi connectivity index (χ2n) is 8.67. The first-order chi connectivity index (χ1) is 13.9. The molecular weight excluding hydrogens is 506 g/mol. The van der Waals surface area contributed by atoms with Gasteiger partial charge in [0.15, 0.2) is 0 Å². The third kappa shape index (κ3) is 12.0. The van der Waals surface area contributed by atoms with Crippen molar-refractivity contribution < 1.29 is 0 Å². The summed E-state index contributed by atoms with van der Waals surface area (Å²) >= 11 is 0. The van der Waals surface area contributed by atoms with Crippen LogP contribution >= 0.6 is 13.5 Å². The first-order valence-electron chi connectivity index (χ1n) is 12.4. The quantitative estimate of drug-likeness (QED) is 0.144. The zero-order valence-electron chi connectivity index (χ0n) is 19.3. The Bertz CT molecular complexity index is 652. The van der Waals surface area contributed by atoms with E-state index in [2.05, 4.69) is 50.2 Å². The number of hydrogen-bond acceptors (Lipinski definition) is 0. The van der Waals surface area contributed by atoms with Crippen molar-refractivity contribution in [2.24, 2.45) is 0 Å². The first-order valence-corrected chi connectivity index (χ1v) is 12.4. The van der Waals surface area contributed by atoms with Crippen molar-refractivity contribution in [2.75, 3.05) is 0 Å². The van der Waals surface area contributed by atoms with Crippen LogP contribution in [0.2, 0.25) is 0 Å². The number of benzene rings is 2. The fourth-order valence-electron chi connectivity index (χ4n) is 4.44. The van der Waals surface area contributed by atoms with E-state index in [1.165, 1.54) is 114 Å². The number of aryl methyl sites for hydroxylation is 2. The molecule has 168 valence electrons. The maximum atomic E-state index is 2.43. The molecule has 0 aliphatic heterocycles. The molecule has 0 amide bonds. The van der Waals surface area contributed by atoms with E-state index in [4.69, 9.17) is 0 Å². The van der Waals surface area contributed by atoms with Gasteiger partial charge >= 0.3 is 48.9 Å². The molecule has 0 unspecified atom stereocenters. The summed E-state index contributed by atoms with van der Waals surface area (Å²) in [4.78, 5) is 0. The molecule has 0 radical (unpaired) electrons. The fraction of sp³-hybridized carbons (Fsp3) is 0.643. The third-order valence-corrected chi connectivity index (χ3v) is 6.22. The van der Waals surface area contributed by atoms with Crippen LogP contribution in [0.4, 0.5) is 0 Å². The molecule has 0 saturated carbocycles. The summed E-state index contributed by atoms with van der Waals surface area (Å²) in [5.41, 5.74) is 3.27. The summed E-state index contributed by atoms with van der Waals surface area (Å²) in [6.45, 7) is 4.60. The predicted octanol–water partition coefficient (Wildman–Crippen LogP) is 8.62. The van der Waals surface area contributed by atoms with Gasteiger partial charge in [-0.1, -0.05) is 127 Å². The van der Waals surface area contributed by atoms with E-state index in [1.54, 1.807) is 11.1 Å². The molecular formula is C28H48BaS. The molecule has 0 aliphatic carbocycles. The Morgan fingerprint density at radius 1 is 0.533 bits per heavy atom. The Morgan fingerprint density at radius 2 is 1.03 bits per heavy atom. The van der Waals surface area contributed by atoms with E-state index in [0.29, 0.717) is 0 Å². The van der Waals surface area contributed by atoms with Crippen LogP contribution in [-0.4, -0.2) is 48.9 Å². The van der Waals surface area contributed by atoms with Gasteiger partial charge in [-0.05, 0) is 47.6 Å². The molecule has 0 bridgehead atoms. The molecule has 30 heavy (non-hydrogen) atoms. The Hall–Kier alpha value is 0.621. The summed E-state index contributed by atoms with van der Waals surface area (Å²) in [6.07, 6.45) is 22.1. The van der Waals surface area contributed by atoms with Gasteiger partial charge in [0, 0.05) is 0 Å². The van der Waals surface area contributed by atoms with Gasteiger partial charge in [0.1, 0.15) is 0 Å². The maximum absolute atomic E-state index is 2.43. The molecule has 0 nitrogen and oxygen atoms in total. The van der Waals surface area contributed by atoms with Gasteiger partial charge in [-0.15, -0.1) is 0 Å². The summed E-state index contributed by atoms with van der Waals surface area (Å²) in [5, 5.41) is 2.93. The third-order valence-electron chi connectivity index (χ3n) is 6.22. The van der Waals surface area contributed by atoms with Gasteiger partial charge in [-0.25, -0.2) is 0 Å². The minimum absolute atomic E-state index is 0.